The minimum Gasteiger partial charge on any atom is -0.377 e. The maximum Gasteiger partial charge on any atom is 0.254 e. The fourth-order valence-corrected chi connectivity index (χ4v) is 5.34. The van der Waals surface area contributed by atoms with Gasteiger partial charge in [0.1, 0.15) is 23.3 Å². The molecule has 1 atom stereocenters. The first kappa shape index (κ1) is 21.7. The van der Waals surface area contributed by atoms with E-state index in [4.69, 9.17) is 9.72 Å². The van der Waals surface area contributed by atoms with Crippen molar-refractivity contribution in [3.63, 3.8) is 0 Å². The van der Waals surface area contributed by atoms with E-state index in [1.807, 2.05) is 29.2 Å². The summed E-state index contributed by atoms with van der Waals surface area (Å²) in [6, 6.07) is 9.96. The van der Waals surface area contributed by atoms with Gasteiger partial charge in [-0.3, -0.25) is 14.0 Å². The molecule has 4 aromatic rings. The summed E-state index contributed by atoms with van der Waals surface area (Å²) in [5.41, 5.74) is 5.75. The standard InChI is InChI=1S/C26H22FN7O3/c27-14-5-6-34-20(12-28-23(34)9-14)15-1-2-17(24-16(15)10-29-26(24)36)31-22-4-3-19-18(32-22)11-30-25(35)21-13-37-8-7-33(19)21/h1-6,9,12,21H,7-8,10-11,13H2,(H,29,36)(H,30,35)(H,31,32)/t21-/m0/s1. The lowest BCUT2D eigenvalue weighted by molar-refractivity contribution is -0.124. The third-order valence-corrected chi connectivity index (χ3v) is 7.10. The Hall–Kier alpha value is -4.51. The van der Waals surface area contributed by atoms with Gasteiger partial charge in [0.25, 0.3) is 5.91 Å². The van der Waals surface area contributed by atoms with Crippen LogP contribution >= 0.6 is 0 Å². The number of fused-ring (bicyclic) bond motifs is 5. The van der Waals surface area contributed by atoms with Crippen molar-refractivity contribution in [3.8, 4) is 11.3 Å². The van der Waals surface area contributed by atoms with Crippen molar-refractivity contribution in [3.05, 3.63) is 71.4 Å². The van der Waals surface area contributed by atoms with E-state index in [0.29, 0.717) is 55.6 Å². The van der Waals surface area contributed by atoms with Crippen LogP contribution < -0.4 is 20.9 Å². The minimum atomic E-state index is -0.369. The zero-order chi connectivity index (χ0) is 25.1. The van der Waals surface area contributed by atoms with Crippen LogP contribution in [0.1, 0.15) is 21.6 Å². The van der Waals surface area contributed by atoms with Crippen LogP contribution in [0.3, 0.4) is 0 Å². The number of morpholine rings is 1. The molecular weight excluding hydrogens is 477 g/mol. The summed E-state index contributed by atoms with van der Waals surface area (Å²) in [4.78, 5) is 36.5. The van der Waals surface area contributed by atoms with Gasteiger partial charge in [-0.15, -0.1) is 0 Å². The van der Waals surface area contributed by atoms with E-state index in [0.717, 1.165) is 28.2 Å². The van der Waals surface area contributed by atoms with E-state index in [9.17, 15) is 14.0 Å². The Morgan fingerprint density at radius 3 is 2.95 bits per heavy atom. The number of nitrogens with one attached hydrogen (secondary N) is 3. The highest BCUT2D eigenvalue weighted by Crippen LogP contribution is 2.36. The van der Waals surface area contributed by atoms with Crippen LogP contribution in [0.25, 0.3) is 16.9 Å². The highest BCUT2D eigenvalue weighted by atomic mass is 19.1. The molecule has 10 nitrogen and oxygen atoms in total. The van der Waals surface area contributed by atoms with Crippen molar-refractivity contribution < 1.29 is 18.7 Å². The summed E-state index contributed by atoms with van der Waals surface area (Å²) < 4.78 is 21.0. The van der Waals surface area contributed by atoms with Crippen molar-refractivity contribution in [1.82, 2.24) is 25.0 Å². The summed E-state index contributed by atoms with van der Waals surface area (Å²) in [5.74, 6) is -0.0484. The van der Waals surface area contributed by atoms with E-state index in [1.165, 1.54) is 12.1 Å². The van der Waals surface area contributed by atoms with Crippen LogP contribution in [0.4, 0.5) is 21.6 Å². The summed E-state index contributed by atoms with van der Waals surface area (Å²) in [6.07, 6.45) is 3.31. The number of benzene rings is 1. The minimum absolute atomic E-state index is 0.0765. The quantitative estimate of drug-likeness (QED) is 0.397. The summed E-state index contributed by atoms with van der Waals surface area (Å²) in [6.45, 7) is 2.20. The summed E-state index contributed by atoms with van der Waals surface area (Å²) in [5, 5.41) is 9.15. The molecule has 3 aromatic heterocycles. The fourth-order valence-electron chi connectivity index (χ4n) is 5.34. The van der Waals surface area contributed by atoms with E-state index in [2.05, 4.69) is 20.9 Å². The molecule has 1 fully saturated rings. The van der Waals surface area contributed by atoms with Crippen molar-refractivity contribution in [2.45, 2.75) is 19.1 Å². The molecule has 3 aliphatic rings. The van der Waals surface area contributed by atoms with Crippen molar-refractivity contribution >= 4 is 34.7 Å². The maximum absolute atomic E-state index is 13.7. The van der Waals surface area contributed by atoms with E-state index < -0.39 is 0 Å². The van der Waals surface area contributed by atoms with Gasteiger partial charge >= 0.3 is 0 Å². The third kappa shape index (κ3) is 3.50. The van der Waals surface area contributed by atoms with E-state index in [1.54, 1.807) is 16.8 Å². The zero-order valence-electron chi connectivity index (χ0n) is 19.6. The number of ether oxygens (including phenoxy) is 1. The number of halogens is 1. The van der Waals surface area contributed by atoms with E-state index in [-0.39, 0.29) is 23.7 Å². The van der Waals surface area contributed by atoms with Crippen LogP contribution in [0, 0.1) is 5.82 Å². The van der Waals surface area contributed by atoms with Gasteiger partial charge in [-0.1, -0.05) is 6.07 Å². The zero-order valence-corrected chi connectivity index (χ0v) is 19.6. The van der Waals surface area contributed by atoms with Crippen LogP contribution in [0.2, 0.25) is 0 Å². The number of amides is 2. The Labute approximate surface area is 210 Å². The highest BCUT2D eigenvalue weighted by Gasteiger charge is 2.34. The number of pyridine rings is 2. The third-order valence-electron chi connectivity index (χ3n) is 7.10. The Bertz CT molecular complexity index is 1600. The van der Waals surface area contributed by atoms with Crippen LogP contribution in [-0.4, -0.2) is 52.0 Å². The topological polar surface area (TPSA) is 113 Å². The number of nitrogens with zero attached hydrogens (tertiary/aromatic N) is 4. The first-order valence-electron chi connectivity index (χ1n) is 12.0. The molecule has 0 bridgehead atoms. The predicted octanol–water partition coefficient (Wildman–Crippen LogP) is 2.36. The normalized spacial score (nSPS) is 18.5. The molecular formula is C26H22FN7O3. The molecule has 0 radical (unpaired) electrons. The molecule has 0 unspecified atom stereocenters. The van der Waals surface area contributed by atoms with Crippen LogP contribution in [-0.2, 0) is 22.6 Å². The molecule has 0 spiro atoms. The number of rotatable bonds is 3. The first-order chi connectivity index (χ1) is 18.1. The number of anilines is 3. The molecule has 0 aliphatic carbocycles. The molecule has 37 heavy (non-hydrogen) atoms. The van der Waals surface area contributed by atoms with Crippen LogP contribution in [0.15, 0.2) is 48.8 Å². The molecule has 6 heterocycles. The van der Waals surface area contributed by atoms with Gasteiger partial charge in [0.2, 0.25) is 5.91 Å². The molecule has 1 saturated heterocycles. The molecule has 11 heteroatoms. The highest BCUT2D eigenvalue weighted by molar-refractivity contribution is 6.06. The van der Waals surface area contributed by atoms with Crippen molar-refractivity contribution in [2.75, 3.05) is 30.0 Å². The second-order valence-corrected chi connectivity index (χ2v) is 9.20. The number of hydrogen-bond donors (Lipinski definition) is 3. The van der Waals surface area contributed by atoms with Gasteiger partial charge < -0.3 is 25.6 Å². The van der Waals surface area contributed by atoms with Gasteiger partial charge in [-0.25, -0.2) is 14.4 Å². The lowest BCUT2D eigenvalue weighted by atomic mass is 9.99. The molecule has 1 aromatic carbocycles. The van der Waals surface area contributed by atoms with Crippen molar-refractivity contribution in [1.29, 1.82) is 0 Å². The van der Waals surface area contributed by atoms with Gasteiger partial charge in [0.15, 0.2) is 0 Å². The smallest absolute Gasteiger partial charge is 0.254 e. The summed E-state index contributed by atoms with van der Waals surface area (Å²) in [7, 11) is 0. The fraction of sp³-hybridized carbons (Fsp3) is 0.231. The second kappa shape index (κ2) is 8.27. The van der Waals surface area contributed by atoms with Crippen molar-refractivity contribution in [2.24, 2.45) is 0 Å². The Morgan fingerprint density at radius 2 is 2.03 bits per heavy atom. The largest absolute Gasteiger partial charge is 0.377 e. The first-order valence-corrected chi connectivity index (χ1v) is 12.0. The van der Waals surface area contributed by atoms with Gasteiger partial charge in [-0.2, -0.15) is 0 Å². The molecule has 0 saturated carbocycles. The maximum atomic E-state index is 13.7. The Kier molecular flexibility index (Phi) is 4.86. The van der Waals surface area contributed by atoms with Crippen LogP contribution in [0.5, 0.6) is 0 Å². The Balaban J connectivity index is 1.25. The molecule has 186 valence electrons. The lowest BCUT2D eigenvalue weighted by Gasteiger charge is -2.35. The molecule has 2 amide bonds. The summed E-state index contributed by atoms with van der Waals surface area (Å²) >= 11 is 0. The SMILES string of the molecule is O=C1NCc2c(-c3cnc4cc(F)ccn34)ccc(Nc3ccc4c(n3)CNC(=O)[C@@H]3COCCN43)c21. The number of hydrogen-bond acceptors (Lipinski definition) is 7. The molecule has 3 aliphatic heterocycles. The van der Waals surface area contributed by atoms with E-state index >= 15 is 0 Å². The van der Waals surface area contributed by atoms with Gasteiger partial charge in [0.05, 0.1) is 54.3 Å². The monoisotopic (exact) mass is 499 g/mol. The number of carbonyl (C=O) groups is 2. The Morgan fingerprint density at radius 1 is 1.11 bits per heavy atom. The molecule has 7 rings (SSSR count). The second-order valence-electron chi connectivity index (χ2n) is 9.20. The number of aromatic nitrogens is 3. The number of imidazole rings is 1. The average molecular weight is 500 g/mol. The lowest BCUT2D eigenvalue weighted by Crippen LogP contribution is -2.52. The average Bonchev–Trinajstić information content (AvgIpc) is 3.47. The number of carbonyl (C=O) groups excluding carboxylic acids is 2. The van der Waals surface area contributed by atoms with Gasteiger partial charge in [0, 0.05) is 30.9 Å². The van der Waals surface area contributed by atoms with Gasteiger partial charge in [-0.05, 0) is 29.8 Å². The molecule has 3 N–H and O–H groups in total. The predicted molar refractivity (Wildman–Crippen MR) is 133 cm³/mol.